The molecular weight excluding hydrogens is 271 g/mol. The zero-order valence-corrected chi connectivity index (χ0v) is 9.59. The molecule has 0 spiro atoms. The van der Waals surface area contributed by atoms with Crippen LogP contribution in [0.25, 0.3) is 0 Å². The van der Waals surface area contributed by atoms with Crippen molar-refractivity contribution in [3.05, 3.63) is 21.9 Å². The molecule has 6 heteroatoms. The normalized spacial score (nSPS) is 9.87. The minimum atomic E-state index is -1.37. The summed E-state index contributed by atoms with van der Waals surface area (Å²) in [4.78, 5) is 10.7. The Morgan fingerprint density at radius 1 is 1.47 bits per heavy atom. The van der Waals surface area contributed by atoms with E-state index in [0.29, 0.717) is 0 Å². The molecule has 1 aromatic carbocycles. The first-order chi connectivity index (χ1) is 7.02. The maximum absolute atomic E-state index is 13.6. The third-order valence-corrected chi connectivity index (χ3v) is 2.40. The fourth-order valence-corrected chi connectivity index (χ4v) is 1.67. The van der Waals surface area contributed by atoms with Gasteiger partial charge in [0, 0.05) is 4.47 Å². The molecule has 1 rings (SSSR count). The average molecular weight is 279 g/mol. The van der Waals surface area contributed by atoms with Gasteiger partial charge < -0.3 is 14.6 Å². The molecule has 82 valence electrons. The van der Waals surface area contributed by atoms with Crippen LogP contribution in [0.2, 0.25) is 0 Å². The second-order valence-electron chi connectivity index (χ2n) is 2.59. The van der Waals surface area contributed by atoms with Gasteiger partial charge in [0.05, 0.1) is 14.2 Å². The molecule has 0 amide bonds. The molecule has 0 heterocycles. The summed E-state index contributed by atoms with van der Waals surface area (Å²) < 4.78 is 23.3. The SMILES string of the molecule is COc1cc(Br)c(C(=O)O)c(F)c1OC. The number of rotatable bonds is 3. The maximum atomic E-state index is 13.6. The van der Waals surface area contributed by atoms with E-state index in [4.69, 9.17) is 14.6 Å². The Labute approximate surface area is 93.7 Å². The number of carboxylic acid groups (broad SMARTS) is 1. The quantitative estimate of drug-likeness (QED) is 0.922. The average Bonchev–Trinajstić information content (AvgIpc) is 2.16. The van der Waals surface area contributed by atoms with Crippen molar-refractivity contribution in [2.45, 2.75) is 0 Å². The van der Waals surface area contributed by atoms with Gasteiger partial charge in [0.15, 0.2) is 17.3 Å². The minimum Gasteiger partial charge on any atom is -0.493 e. The van der Waals surface area contributed by atoms with Crippen LogP contribution in [0, 0.1) is 5.82 Å². The van der Waals surface area contributed by atoms with Gasteiger partial charge in [-0.05, 0) is 22.0 Å². The standard InChI is InChI=1S/C9H8BrFO4/c1-14-5-3-4(10)6(9(12)13)7(11)8(5)15-2/h3H,1-2H3,(H,12,13). The Bertz CT molecular complexity index is 406. The predicted molar refractivity (Wildman–Crippen MR) is 54.2 cm³/mol. The zero-order chi connectivity index (χ0) is 11.6. The Hall–Kier alpha value is -1.30. The first kappa shape index (κ1) is 11.8. The van der Waals surface area contributed by atoms with Gasteiger partial charge in [-0.2, -0.15) is 0 Å². The third-order valence-electron chi connectivity index (χ3n) is 1.78. The Morgan fingerprint density at radius 2 is 2.07 bits per heavy atom. The van der Waals surface area contributed by atoms with Crippen LogP contribution in [0.3, 0.4) is 0 Å². The van der Waals surface area contributed by atoms with E-state index < -0.39 is 17.3 Å². The van der Waals surface area contributed by atoms with Crippen LogP contribution in [-0.4, -0.2) is 25.3 Å². The fraction of sp³-hybridized carbons (Fsp3) is 0.222. The molecule has 0 saturated carbocycles. The van der Waals surface area contributed by atoms with Crippen molar-refractivity contribution < 1.29 is 23.8 Å². The van der Waals surface area contributed by atoms with E-state index in [2.05, 4.69) is 15.9 Å². The number of carboxylic acids is 1. The number of carbonyl (C=O) groups is 1. The fourth-order valence-electron chi connectivity index (χ4n) is 1.12. The molecule has 0 fully saturated rings. The summed E-state index contributed by atoms with van der Waals surface area (Å²) in [5.41, 5.74) is -0.479. The molecule has 0 atom stereocenters. The van der Waals surface area contributed by atoms with Gasteiger partial charge in [-0.15, -0.1) is 0 Å². The number of ether oxygens (including phenoxy) is 2. The van der Waals surface area contributed by atoms with Gasteiger partial charge in [0.25, 0.3) is 0 Å². The van der Waals surface area contributed by atoms with E-state index in [1.165, 1.54) is 20.3 Å². The van der Waals surface area contributed by atoms with Crippen LogP contribution in [0.4, 0.5) is 4.39 Å². The van der Waals surface area contributed by atoms with Crippen molar-refractivity contribution in [1.82, 2.24) is 0 Å². The van der Waals surface area contributed by atoms with Crippen LogP contribution in [0.5, 0.6) is 11.5 Å². The molecular formula is C9H8BrFO4. The summed E-state index contributed by atoms with van der Waals surface area (Å²) in [6.45, 7) is 0. The molecule has 4 nitrogen and oxygen atoms in total. The highest BCUT2D eigenvalue weighted by Gasteiger charge is 2.23. The number of halogens is 2. The molecule has 0 aromatic heterocycles. The molecule has 0 aliphatic heterocycles. The highest BCUT2D eigenvalue weighted by Crippen LogP contribution is 2.36. The van der Waals surface area contributed by atoms with Crippen molar-refractivity contribution in [2.75, 3.05) is 14.2 Å². The monoisotopic (exact) mass is 278 g/mol. The lowest BCUT2D eigenvalue weighted by Crippen LogP contribution is -2.05. The summed E-state index contributed by atoms with van der Waals surface area (Å²) in [5.74, 6) is -2.43. The number of methoxy groups -OCH3 is 2. The molecule has 0 bridgehead atoms. The lowest BCUT2D eigenvalue weighted by atomic mass is 10.2. The van der Waals surface area contributed by atoms with Crippen LogP contribution in [0.15, 0.2) is 10.5 Å². The molecule has 0 radical (unpaired) electrons. The second-order valence-corrected chi connectivity index (χ2v) is 3.44. The van der Waals surface area contributed by atoms with E-state index >= 15 is 0 Å². The van der Waals surface area contributed by atoms with Crippen molar-refractivity contribution in [3.8, 4) is 11.5 Å². The largest absolute Gasteiger partial charge is 0.493 e. The Kier molecular flexibility index (Phi) is 3.52. The van der Waals surface area contributed by atoms with Crippen molar-refractivity contribution in [2.24, 2.45) is 0 Å². The van der Waals surface area contributed by atoms with Gasteiger partial charge >= 0.3 is 5.97 Å². The van der Waals surface area contributed by atoms with Crippen molar-refractivity contribution in [3.63, 3.8) is 0 Å². The number of aromatic carboxylic acids is 1. The van der Waals surface area contributed by atoms with E-state index in [9.17, 15) is 9.18 Å². The second kappa shape index (κ2) is 4.48. The number of hydrogen-bond donors (Lipinski definition) is 1. The maximum Gasteiger partial charge on any atom is 0.340 e. The van der Waals surface area contributed by atoms with Gasteiger partial charge in [0.1, 0.15) is 5.56 Å². The van der Waals surface area contributed by atoms with Crippen molar-refractivity contribution >= 4 is 21.9 Å². The van der Waals surface area contributed by atoms with Crippen molar-refractivity contribution in [1.29, 1.82) is 0 Å². The Morgan fingerprint density at radius 3 is 2.47 bits per heavy atom. The number of hydrogen-bond acceptors (Lipinski definition) is 3. The zero-order valence-electron chi connectivity index (χ0n) is 8.01. The first-order valence-corrected chi connectivity index (χ1v) is 4.65. The number of benzene rings is 1. The molecule has 0 unspecified atom stereocenters. The minimum absolute atomic E-state index is 0.102. The van der Waals surface area contributed by atoms with Gasteiger partial charge in [-0.3, -0.25) is 0 Å². The smallest absolute Gasteiger partial charge is 0.340 e. The molecule has 1 aromatic rings. The first-order valence-electron chi connectivity index (χ1n) is 3.86. The third kappa shape index (κ3) is 2.04. The highest BCUT2D eigenvalue weighted by molar-refractivity contribution is 9.10. The molecule has 1 N–H and O–H groups in total. The highest BCUT2D eigenvalue weighted by atomic mass is 79.9. The van der Waals surface area contributed by atoms with Gasteiger partial charge in [0.2, 0.25) is 0 Å². The molecule has 0 saturated heterocycles. The van der Waals surface area contributed by atoms with Crippen LogP contribution >= 0.6 is 15.9 Å². The summed E-state index contributed by atoms with van der Waals surface area (Å²) in [6.07, 6.45) is 0. The Balaban J connectivity index is 3.51. The van der Waals surface area contributed by atoms with E-state index in [1.807, 2.05) is 0 Å². The lowest BCUT2D eigenvalue weighted by molar-refractivity contribution is 0.0689. The molecule has 0 aliphatic rings. The topological polar surface area (TPSA) is 55.8 Å². The predicted octanol–water partition coefficient (Wildman–Crippen LogP) is 2.30. The molecule has 15 heavy (non-hydrogen) atoms. The summed E-state index contributed by atoms with van der Waals surface area (Å²) in [6, 6.07) is 1.34. The summed E-state index contributed by atoms with van der Waals surface area (Å²) in [5, 5.41) is 8.76. The van der Waals surface area contributed by atoms with E-state index in [1.54, 1.807) is 0 Å². The van der Waals surface area contributed by atoms with Crippen LogP contribution in [-0.2, 0) is 0 Å². The summed E-state index contributed by atoms with van der Waals surface area (Å²) >= 11 is 2.95. The van der Waals surface area contributed by atoms with Crippen LogP contribution in [0.1, 0.15) is 10.4 Å². The van der Waals surface area contributed by atoms with E-state index in [-0.39, 0.29) is 16.0 Å². The molecule has 0 aliphatic carbocycles. The van der Waals surface area contributed by atoms with E-state index in [0.717, 1.165) is 0 Å². The summed E-state index contributed by atoms with van der Waals surface area (Å²) in [7, 11) is 2.57. The lowest BCUT2D eigenvalue weighted by Gasteiger charge is -2.11. The van der Waals surface area contributed by atoms with Gasteiger partial charge in [-0.25, -0.2) is 9.18 Å². The van der Waals surface area contributed by atoms with Gasteiger partial charge in [-0.1, -0.05) is 0 Å². The van der Waals surface area contributed by atoms with Crippen LogP contribution < -0.4 is 9.47 Å².